The second-order valence-electron chi connectivity index (χ2n) is 17.4. The summed E-state index contributed by atoms with van der Waals surface area (Å²) >= 11 is 0. The van der Waals surface area contributed by atoms with Crippen LogP contribution < -0.4 is 0 Å². The Labute approximate surface area is 411 Å². The molecule has 12 nitrogen and oxygen atoms in total. The van der Waals surface area contributed by atoms with Gasteiger partial charge in [0.05, 0.1) is 77.6 Å². The van der Waals surface area contributed by atoms with Gasteiger partial charge in [-0.05, 0) is 33.4 Å². The number of esters is 1. The molecule has 70 heavy (non-hydrogen) atoms. The zero-order valence-electron chi connectivity index (χ0n) is 39.9. The van der Waals surface area contributed by atoms with Crippen LogP contribution in [0.5, 0.6) is 0 Å². The van der Waals surface area contributed by atoms with E-state index in [2.05, 4.69) is 0 Å². The van der Waals surface area contributed by atoms with Crippen molar-refractivity contribution in [2.45, 2.75) is 102 Å². The Morgan fingerprint density at radius 3 is 1.16 bits per heavy atom. The van der Waals surface area contributed by atoms with E-state index in [0.29, 0.717) is 6.61 Å². The molecule has 0 bridgehead atoms. The molecular weight excluding hydrogens is 889 g/mol. The summed E-state index contributed by atoms with van der Waals surface area (Å²) in [7, 11) is 1.59. The highest BCUT2D eigenvalue weighted by Crippen LogP contribution is 2.36. The fraction of sp³-hybridized carbons (Fsp3) is 0.362. The fourth-order valence-corrected chi connectivity index (χ4v) is 8.73. The average molecular weight is 953 g/mol. The molecule has 0 N–H and O–H groups in total. The first-order valence-electron chi connectivity index (χ1n) is 24.0. The van der Waals surface area contributed by atoms with Crippen LogP contribution >= 0.6 is 0 Å². The topological polar surface area (TPSA) is 119 Å². The molecule has 368 valence electrons. The first kappa shape index (κ1) is 50.8. The average Bonchev–Trinajstić information content (AvgIpc) is 3.41. The highest BCUT2D eigenvalue weighted by atomic mass is 16.7. The zero-order valence-corrected chi connectivity index (χ0v) is 39.9. The van der Waals surface area contributed by atoms with Crippen LogP contribution in [0.4, 0.5) is 0 Å². The Balaban J connectivity index is 1.12. The second-order valence-corrected chi connectivity index (χ2v) is 17.4. The minimum Gasteiger partial charge on any atom is -0.465 e. The van der Waals surface area contributed by atoms with E-state index in [0.717, 1.165) is 33.4 Å². The van der Waals surface area contributed by atoms with Crippen molar-refractivity contribution in [1.29, 1.82) is 0 Å². The van der Waals surface area contributed by atoms with E-state index in [9.17, 15) is 4.79 Å². The van der Waals surface area contributed by atoms with Crippen LogP contribution in [0, 0.1) is 5.92 Å². The van der Waals surface area contributed by atoms with Crippen molar-refractivity contribution in [2.24, 2.45) is 5.92 Å². The Bertz CT molecular complexity index is 2360. The standard InChI is InChI=1S/C58H64O12/c1-42(59)62-39-49-50(40-61-33-43-21-9-3-10-22-43)69-58(55(66-37-47-29-17-7-18-30-47)52(49)63-34-44-23-11-4-12-24-44)68-41-51-53(64-35-45-25-13-5-14-26-45)54(65-36-46-27-15-6-16-28-46)56(57(60-2)70-51)67-38-48-31-19-8-20-32-48/h3-32,49-58H,33-41H2,1-2H3/t49-,50-,51-,52+,53-,54+,55-,56-,57+,58+/m1/s1. The highest BCUT2D eigenvalue weighted by molar-refractivity contribution is 5.65. The fourth-order valence-electron chi connectivity index (χ4n) is 8.73. The van der Waals surface area contributed by atoms with Crippen LogP contribution in [0.3, 0.4) is 0 Å². The van der Waals surface area contributed by atoms with Crippen LogP contribution in [0.2, 0.25) is 0 Å². The van der Waals surface area contributed by atoms with Gasteiger partial charge in [0.1, 0.15) is 30.5 Å². The smallest absolute Gasteiger partial charge is 0.302 e. The third-order valence-electron chi connectivity index (χ3n) is 12.3. The quantitative estimate of drug-likeness (QED) is 0.0509. The maximum absolute atomic E-state index is 12.5. The molecule has 2 fully saturated rings. The SMILES string of the molecule is CO[C@H]1O[C@H](CO[C@H]2O[C@H](COCc3ccccc3)[C@@H](COC(C)=O)[C@H](OCc3ccccc3)[C@H]2OCc2ccccc2)[C@@H](OCc2ccccc2)[C@H](OCc2ccccc2)[C@H]1OCc1ccccc1. The Morgan fingerprint density at radius 1 is 0.386 bits per heavy atom. The van der Waals surface area contributed by atoms with Gasteiger partial charge in [-0.15, -0.1) is 0 Å². The monoisotopic (exact) mass is 952 g/mol. The van der Waals surface area contributed by atoms with E-state index in [1.165, 1.54) is 6.92 Å². The van der Waals surface area contributed by atoms with Crippen molar-refractivity contribution in [3.05, 3.63) is 215 Å². The number of hydrogen-bond acceptors (Lipinski definition) is 12. The van der Waals surface area contributed by atoms with Crippen LogP contribution in [0.25, 0.3) is 0 Å². The molecule has 0 aromatic heterocycles. The molecular formula is C58H64O12. The van der Waals surface area contributed by atoms with Crippen LogP contribution in [-0.2, 0) is 96.5 Å². The van der Waals surface area contributed by atoms with Crippen molar-refractivity contribution in [3.8, 4) is 0 Å². The largest absolute Gasteiger partial charge is 0.465 e. The van der Waals surface area contributed by atoms with Gasteiger partial charge >= 0.3 is 5.97 Å². The lowest BCUT2D eigenvalue weighted by Gasteiger charge is -2.48. The van der Waals surface area contributed by atoms with Gasteiger partial charge in [-0.3, -0.25) is 4.79 Å². The van der Waals surface area contributed by atoms with Crippen molar-refractivity contribution < 1.29 is 56.9 Å². The summed E-state index contributed by atoms with van der Waals surface area (Å²) < 4.78 is 73.3. The van der Waals surface area contributed by atoms with Gasteiger partial charge in [-0.1, -0.05) is 182 Å². The molecule has 0 saturated carbocycles. The summed E-state index contributed by atoms with van der Waals surface area (Å²) in [5.74, 6) is -0.947. The number of carbonyl (C=O) groups excluding carboxylic acids is 1. The van der Waals surface area contributed by atoms with Gasteiger partial charge in [-0.25, -0.2) is 0 Å². The molecule has 12 heteroatoms. The molecule has 8 rings (SSSR count). The first-order valence-corrected chi connectivity index (χ1v) is 24.0. The van der Waals surface area contributed by atoms with Crippen molar-refractivity contribution in [3.63, 3.8) is 0 Å². The third-order valence-corrected chi connectivity index (χ3v) is 12.3. The van der Waals surface area contributed by atoms with Gasteiger partial charge in [-0.2, -0.15) is 0 Å². The van der Waals surface area contributed by atoms with E-state index in [-0.39, 0.29) is 52.9 Å². The van der Waals surface area contributed by atoms with Crippen molar-refractivity contribution in [2.75, 3.05) is 26.9 Å². The van der Waals surface area contributed by atoms with Crippen LogP contribution in [0.15, 0.2) is 182 Å². The molecule has 0 unspecified atom stereocenters. The van der Waals surface area contributed by atoms with Crippen molar-refractivity contribution in [1.82, 2.24) is 0 Å². The van der Waals surface area contributed by atoms with E-state index in [1.807, 2.05) is 182 Å². The normalized spacial score (nSPS) is 24.5. The van der Waals surface area contributed by atoms with Crippen molar-refractivity contribution >= 4 is 5.97 Å². The summed E-state index contributed by atoms with van der Waals surface area (Å²) in [6.07, 6.45) is -6.97. The van der Waals surface area contributed by atoms with Gasteiger partial charge in [0.2, 0.25) is 0 Å². The number of rotatable bonds is 25. The molecule has 10 atom stereocenters. The summed E-state index contributed by atoms with van der Waals surface area (Å²) in [5.41, 5.74) is 5.85. The highest BCUT2D eigenvalue weighted by Gasteiger charge is 2.52. The van der Waals surface area contributed by atoms with Gasteiger partial charge in [0.25, 0.3) is 0 Å². The minimum absolute atomic E-state index is 0.00642. The van der Waals surface area contributed by atoms with E-state index < -0.39 is 67.2 Å². The Morgan fingerprint density at radius 2 is 0.743 bits per heavy atom. The predicted molar refractivity (Wildman–Crippen MR) is 262 cm³/mol. The molecule has 2 aliphatic heterocycles. The summed E-state index contributed by atoms with van der Waals surface area (Å²) in [4.78, 5) is 12.5. The van der Waals surface area contributed by atoms with Gasteiger partial charge < -0.3 is 52.1 Å². The third kappa shape index (κ3) is 15.0. The lowest BCUT2D eigenvalue weighted by molar-refractivity contribution is -0.346. The first-order chi connectivity index (χ1) is 34.5. The molecule has 6 aromatic rings. The number of ether oxygens (including phenoxy) is 11. The molecule has 2 aliphatic rings. The van der Waals surface area contributed by atoms with E-state index >= 15 is 0 Å². The van der Waals surface area contributed by atoms with Gasteiger partial charge in [0.15, 0.2) is 12.6 Å². The predicted octanol–water partition coefficient (Wildman–Crippen LogP) is 9.42. The lowest BCUT2D eigenvalue weighted by Crippen LogP contribution is -2.63. The number of hydrogen-bond donors (Lipinski definition) is 0. The molecule has 2 heterocycles. The van der Waals surface area contributed by atoms with Crippen LogP contribution in [-0.4, -0.2) is 88.2 Å². The molecule has 6 aromatic carbocycles. The molecule has 2 saturated heterocycles. The van der Waals surface area contributed by atoms with E-state index in [4.69, 9.17) is 52.1 Å². The van der Waals surface area contributed by atoms with Crippen LogP contribution in [0.1, 0.15) is 40.3 Å². The number of benzene rings is 6. The second kappa shape index (κ2) is 27.1. The summed E-state index contributed by atoms with van der Waals surface area (Å²) in [5, 5.41) is 0. The summed E-state index contributed by atoms with van der Waals surface area (Å²) in [6.45, 7) is 3.12. The lowest BCUT2D eigenvalue weighted by atomic mass is 9.89. The number of methoxy groups -OCH3 is 1. The van der Waals surface area contributed by atoms with Gasteiger partial charge in [0, 0.05) is 14.0 Å². The Hall–Kier alpha value is -5.61. The van der Waals surface area contributed by atoms with E-state index in [1.54, 1.807) is 7.11 Å². The molecule has 0 aliphatic carbocycles. The zero-order chi connectivity index (χ0) is 48.2. The molecule has 0 amide bonds. The minimum atomic E-state index is -1.03. The molecule has 0 radical (unpaired) electrons. The maximum Gasteiger partial charge on any atom is 0.302 e. The maximum atomic E-state index is 12.5. The Kier molecular flexibility index (Phi) is 19.7. The number of carbonyl (C=O) groups is 1. The summed E-state index contributed by atoms with van der Waals surface area (Å²) in [6, 6.07) is 59.6. The molecule has 0 spiro atoms.